The van der Waals surface area contributed by atoms with Gasteiger partial charge >= 0.3 is 0 Å². The van der Waals surface area contributed by atoms with Gasteiger partial charge in [-0.1, -0.05) is 6.92 Å². The van der Waals surface area contributed by atoms with Gasteiger partial charge in [0.2, 0.25) is 0 Å². The Bertz CT molecular complexity index is 558. The van der Waals surface area contributed by atoms with Crippen molar-refractivity contribution in [1.29, 1.82) is 0 Å². The number of anilines is 3. The second kappa shape index (κ2) is 6.13. The van der Waals surface area contributed by atoms with Gasteiger partial charge in [-0.25, -0.2) is 8.78 Å². The summed E-state index contributed by atoms with van der Waals surface area (Å²) in [5, 5.41) is 6.18. The molecule has 0 atom stereocenters. The summed E-state index contributed by atoms with van der Waals surface area (Å²) in [7, 11) is 0. The molecule has 2 aromatic rings. The Morgan fingerprint density at radius 3 is 2.53 bits per heavy atom. The number of pyridine rings is 1. The third kappa shape index (κ3) is 3.64. The molecule has 5 heteroatoms. The van der Waals surface area contributed by atoms with Crippen LogP contribution in [0.25, 0.3) is 0 Å². The van der Waals surface area contributed by atoms with E-state index in [0.29, 0.717) is 11.4 Å². The van der Waals surface area contributed by atoms with Crippen molar-refractivity contribution in [2.24, 2.45) is 0 Å². The minimum Gasteiger partial charge on any atom is -0.384 e. The van der Waals surface area contributed by atoms with E-state index in [4.69, 9.17) is 0 Å². The lowest BCUT2D eigenvalue weighted by Gasteiger charge is -2.09. The molecule has 0 spiro atoms. The van der Waals surface area contributed by atoms with E-state index in [-0.39, 0.29) is 0 Å². The number of hydrogen-bond donors (Lipinski definition) is 2. The maximum atomic E-state index is 13.1. The molecule has 2 rings (SSSR count). The summed E-state index contributed by atoms with van der Waals surface area (Å²) in [6.07, 6.45) is 4.35. The third-order valence-corrected chi connectivity index (χ3v) is 2.53. The van der Waals surface area contributed by atoms with Crippen LogP contribution in [0.4, 0.5) is 25.8 Å². The number of benzene rings is 1. The topological polar surface area (TPSA) is 37.0 Å². The molecule has 0 aliphatic heterocycles. The van der Waals surface area contributed by atoms with Gasteiger partial charge in [-0.2, -0.15) is 0 Å². The van der Waals surface area contributed by atoms with E-state index >= 15 is 0 Å². The Morgan fingerprint density at radius 1 is 1.00 bits per heavy atom. The third-order valence-electron chi connectivity index (χ3n) is 2.53. The SMILES string of the molecule is CCCNc1cncc(Nc2ccc(F)c(F)c2)c1. The van der Waals surface area contributed by atoms with E-state index < -0.39 is 11.6 Å². The fourth-order valence-corrected chi connectivity index (χ4v) is 1.61. The normalized spacial score (nSPS) is 10.3. The molecule has 0 fully saturated rings. The lowest BCUT2D eigenvalue weighted by atomic mass is 10.2. The van der Waals surface area contributed by atoms with Crippen LogP contribution < -0.4 is 10.6 Å². The maximum Gasteiger partial charge on any atom is 0.160 e. The van der Waals surface area contributed by atoms with Crippen molar-refractivity contribution < 1.29 is 8.78 Å². The molecule has 0 bridgehead atoms. The standard InChI is InChI=1S/C14H15F2N3/c1-2-5-18-11-6-12(9-17-8-11)19-10-3-4-13(15)14(16)7-10/h3-4,6-9,18-19H,2,5H2,1H3. The van der Waals surface area contributed by atoms with E-state index in [1.807, 2.05) is 6.07 Å². The highest BCUT2D eigenvalue weighted by Crippen LogP contribution is 2.20. The largest absolute Gasteiger partial charge is 0.384 e. The van der Waals surface area contributed by atoms with Crippen molar-refractivity contribution in [3.63, 3.8) is 0 Å². The quantitative estimate of drug-likeness (QED) is 0.858. The van der Waals surface area contributed by atoms with Crippen molar-refractivity contribution in [3.8, 4) is 0 Å². The highest BCUT2D eigenvalue weighted by atomic mass is 19.2. The molecule has 0 amide bonds. The Labute approximate surface area is 110 Å². The maximum absolute atomic E-state index is 13.1. The molecule has 0 aliphatic carbocycles. The summed E-state index contributed by atoms with van der Waals surface area (Å²) in [6.45, 7) is 2.93. The molecule has 0 radical (unpaired) electrons. The highest BCUT2D eigenvalue weighted by molar-refractivity contribution is 5.62. The van der Waals surface area contributed by atoms with Gasteiger partial charge < -0.3 is 10.6 Å². The van der Waals surface area contributed by atoms with E-state index in [2.05, 4.69) is 22.5 Å². The van der Waals surface area contributed by atoms with Gasteiger partial charge in [-0.3, -0.25) is 4.98 Å². The van der Waals surface area contributed by atoms with Gasteiger partial charge in [0.1, 0.15) is 0 Å². The van der Waals surface area contributed by atoms with Crippen molar-refractivity contribution in [2.45, 2.75) is 13.3 Å². The number of aromatic nitrogens is 1. The van der Waals surface area contributed by atoms with E-state index in [0.717, 1.165) is 30.8 Å². The lowest BCUT2D eigenvalue weighted by Crippen LogP contribution is -2.01. The minimum atomic E-state index is -0.877. The first kappa shape index (κ1) is 13.3. The van der Waals surface area contributed by atoms with Crippen molar-refractivity contribution in [3.05, 3.63) is 48.3 Å². The van der Waals surface area contributed by atoms with Crippen LogP contribution in [0, 0.1) is 11.6 Å². The summed E-state index contributed by atoms with van der Waals surface area (Å²) < 4.78 is 25.9. The number of hydrogen-bond acceptors (Lipinski definition) is 3. The van der Waals surface area contributed by atoms with Crippen LogP contribution in [0.15, 0.2) is 36.7 Å². The molecule has 1 heterocycles. The van der Waals surface area contributed by atoms with Crippen LogP contribution in [0.2, 0.25) is 0 Å². The second-order valence-corrected chi connectivity index (χ2v) is 4.14. The summed E-state index contributed by atoms with van der Waals surface area (Å²) in [5.74, 6) is -1.74. The molecule has 0 unspecified atom stereocenters. The van der Waals surface area contributed by atoms with Crippen LogP contribution >= 0.6 is 0 Å². The Balaban J connectivity index is 2.11. The molecule has 2 N–H and O–H groups in total. The number of halogens is 2. The summed E-state index contributed by atoms with van der Waals surface area (Å²) in [5.41, 5.74) is 2.08. The zero-order valence-corrected chi connectivity index (χ0v) is 10.6. The van der Waals surface area contributed by atoms with E-state index in [1.54, 1.807) is 12.4 Å². The molecular weight excluding hydrogens is 248 g/mol. The van der Waals surface area contributed by atoms with E-state index in [1.165, 1.54) is 6.07 Å². The van der Waals surface area contributed by atoms with Gasteiger partial charge in [0.05, 0.1) is 23.8 Å². The molecule has 1 aromatic heterocycles. The molecule has 1 aromatic carbocycles. The first-order chi connectivity index (χ1) is 9.19. The number of rotatable bonds is 5. The molecular formula is C14H15F2N3. The van der Waals surface area contributed by atoms with Gasteiger partial charge in [0.25, 0.3) is 0 Å². The van der Waals surface area contributed by atoms with Gasteiger partial charge in [0, 0.05) is 18.3 Å². The first-order valence-corrected chi connectivity index (χ1v) is 6.10. The fourth-order valence-electron chi connectivity index (χ4n) is 1.61. The second-order valence-electron chi connectivity index (χ2n) is 4.14. The Morgan fingerprint density at radius 2 is 1.79 bits per heavy atom. The highest BCUT2D eigenvalue weighted by Gasteiger charge is 2.03. The number of nitrogens with zero attached hydrogens (tertiary/aromatic N) is 1. The van der Waals surface area contributed by atoms with Crippen LogP contribution in [-0.4, -0.2) is 11.5 Å². The molecule has 100 valence electrons. The summed E-state index contributed by atoms with van der Waals surface area (Å²) >= 11 is 0. The molecule has 19 heavy (non-hydrogen) atoms. The molecule has 0 saturated heterocycles. The average Bonchev–Trinajstić information content (AvgIpc) is 2.41. The number of nitrogens with one attached hydrogen (secondary N) is 2. The fraction of sp³-hybridized carbons (Fsp3) is 0.214. The van der Waals surface area contributed by atoms with Crippen molar-refractivity contribution in [1.82, 2.24) is 4.98 Å². The van der Waals surface area contributed by atoms with Crippen LogP contribution in [0.5, 0.6) is 0 Å². The first-order valence-electron chi connectivity index (χ1n) is 6.10. The zero-order valence-electron chi connectivity index (χ0n) is 10.6. The van der Waals surface area contributed by atoms with Crippen molar-refractivity contribution in [2.75, 3.05) is 17.2 Å². The van der Waals surface area contributed by atoms with Crippen molar-refractivity contribution >= 4 is 17.1 Å². The van der Waals surface area contributed by atoms with Gasteiger partial charge in [-0.05, 0) is 24.6 Å². The Kier molecular flexibility index (Phi) is 4.28. The van der Waals surface area contributed by atoms with Gasteiger partial charge in [0.15, 0.2) is 11.6 Å². The average molecular weight is 263 g/mol. The van der Waals surface area contributed by atoms with Gasteiger partial charge in [-0.15, -0.1) is 0 Å². The molecule has 0 saturated carbocycles. The van der Waals surface area contributed by atoms with E-state index in [9.17, 15) is 8.78 Å². The summed E-state index contributed by atoms with van der Waals surface area (Å²) in [4.78, 5) is 4.08. The summed E-state index contributed by atoms with van der Waals surface area (Å²) in [6, 6.07) is 5.54. The zero-order chi connectivity index (χ0) is 13.7. The van der Waals surface area contributed by atoms with Crippen LogP contribution in [-0.2, 0) is 0 Å². The monoisotopic (exact) mass is 263 g/mol. The van der Waals surface area contributed by atoms with Crippen LogP contribution in [0.1, 0.15) is 13.3 Å². The predicted molar refractivity (Wildman–Crippen MR) is 72.7 cm³/mol. The predicted octanol–water partition coefficient (Wildman–Crippen LogP) is 3.93. The smallest absolute Gasteiger partial charge is 0.160 e. The molecule has 3 nitrogen and oxygen atoms in total. The lowest BCUT2D eigenvalue weighted by molar-refractivity contribution is 0.509. The van der Waals surface area contributed by atoms with Crippen LogP contribution in [0.3, 0.4) is 0 Å². The minimum absolute atomic E-state index is 0.480. The molecule has 0 aliphatic rings. The Hall–Kier alpha value is -2.17.